The number of aryl methyl sites for hydroxylation is 1. The molecule has 0 saturated carbocycles. The van der Waals surface area contributed by atoms with Gasteiger partial charge >= 0.3 is 0 Å². The molecule has 0 radical (unpaired) electrons. The first-order chi connectivity index (χ1) is 8.41. The van der Waals surface area contributed by atoms with E-state index in [1.165, 1.54) is 0 Å². The van der Waals surface area contributed by atoms with Crippen molar-refractivity contribution < 1.29 is 4.79 Å². The second-order valence-corrected chi connectivity index (χ2v) is 5.65. The molecule has 0 fully saturated rings. The lowest BCUT2D eigenvalue weighted by molar-refractivity contribution is 0.0948. The van der Waals surface area contributed by atoms with Crippen LogP contribution in [0.1, 0.15) is 29.8 Å². The van der Waals surface area contributed by atoms with Crippen molar-refractivity contribution in [3.63, 3.8) is 0 Å². The Morgan fingerprint density at radius 1 is 1.44 bits per heavy atom. The van der Waals surface area contributed by atoms with Gasteiger partial charge in [-0.3, -0.25) is 4.79 Å². The smallest absolute Gasteiger partial charge is 0.251 e. The number of amides is 1. The lowest BCUT2D eigenvalue weighted by Gasteiger charge is -2.20. The number of halogens is 1. The van der Waals surface area contributed by atoms with Crippen molar-refractivity contribution in [2.75, 3.05) is 20.1 Å². The molecule has 1 amide bonds. The van der Waals surface area contributed by atoms with Crippen molar-refractivity contribution in [1.29, 1.82) is 0 Å². The fourth-order valence-electron chi connectivity index (χ4n) is 1.49. The molecule has 4 heteroatoms. The number of carbonyl (C=O) groups excluding carboxylic acids is 1. The molecule has 1 aromatic rings. The Bertz CT molecular complexity index is 418. The summed E-state index contributed by atoms with van der Waals surface area (Å²) in [4.78, 5) is 14.1. The molecular formula is C14H21BrN2O. The van der Waals surface area contributed by atoms with Gasteiger partial charge in [0.1, 0.15) is 0 Å². The molecule has 0 aliphatic heterocycles. The number of nitrogens with zero attached hydrogens (tertiary/aromatic N) is 1. The van der Waals surface area contributed by atoms with Gasteiger partial charge in [-0.05, 0) is 51.6 Å². The molecule has 0 aliphatic rings. The van der Waals surface area contributed by atoms with Crippen LogP contribution in [0.15, 0.2) is 22.7 Å². The van der Waals surface area contributed by atoms with Crippen LogP contribution >= 0.6 is 15.9 Å². The Balaban J connectivity index is 2.48. The zero-order valence-electron chi connectivity index (χ0n) is 11.5. The van der Waals surface area contributed by atoms with E-state index in [1.807, 2.05) is 25.1 Å². The summed E-state index contributed by atoms with van der Waals surface area (Å²) < 4.78 is 1.03. The molecule has 18 heavy (non-hydrogen) atoms. The molecule has 0 aromatic heterocycles. The highest BCUT2D eigenvalue weighted by atomic mass is 79.9. The summed E-state index contributed by atoms with van der Waals surface area (Å²) in [6, 6.07) is 6.13. The predicted octanol–water partition coefficient (Wildman–Crippen LogP) is 2.83. The van der Waals surface area contributed by atoms with Crippen LogP contribution in [0.3, 0.4) is 0 Å². The molecule has 0 unspecified atom stereocenters. The van der Waals surface area contributed by atoms with Crippen LogP contribution in [0.4, 0.5) is 0 Å². The number of rotatable bonds is 5. The lowest BCUT2D eigenvalue weighted by Crippen LogP contribution is -2.36. The Morgan fingerprint density at radius 3 is 2.67 bits per heavy atom. The molecule has 0 atom stereocenters. The molecule has 0 spiro atoms. The Labute approximate surface area is 118 Å². The molecule has 1 rings (SSSR count). The second kappa shape index (κ2) is 6.90. The lowest BCUT2D eigenvalue weighted by atomic mass is 10.1. The van der Waals surface area contributed by atoms with Gasteiger partial charge in [-0.1, -0.05) is 15.9 Å². The summed E-state index contributed by atoms with van der Waals surface area (Å²) in [5.74, 6) is -0.0113. The monoisotopic (exact) mass is 312 g/mol. The highest BCUT2D eigenvalue weighted by molar-refractivity contribution is 9.10. The van der Waals surface area contributed by atoms with Gasteiger partial charge < -0.3 is 10.2 Å². The minimum atomic E-state index is -0.0113. The number of hydrogen-bond acceptors (Lipinski definition) is 2. The molecule has 100 valence electrons. The summed E-state index contributed by atoms with van der Waals surface area (Å²) in [6.07, 6.45) is 0. The van der Waals surface area contributed by atoms with E-state index in [-0.39, 0.29) is 5.91 Å². The second-order valence-electron chi connectivity index (χ2n) is 4.79. The summed E-state index contributed by atoms with van der Waals surface area (Å²) in [5, 5.41) is 2.94. The topological polar surface area (TPSA) is 32.3 Å². The molecular weight excluding hydrogens is 292 g/mol. The standard InChI is InChI=1S/C14H21BrN2O/c1-10(2)17(4)8-7-16-14(18)12-5-6-13(15)11(3)9-12/h5-6,9-10H,7-8H2,1-4H3,(H,16,18). The molecule has 0 aliphatic carbocycles. The average molecular weight is 313 g/mol. The van der Waals surface area contributed by atoms with E-state index in [9.17, 15) is 4.79 Å². The van der Waals surface area contributed by atoms with Crippen LogP contribution in [0, 0.1) is 6.92 Å². The highest BCUT2D eigenvalue weighted by Crippen LogP contribution is 2.16. The Hall–Kier alpha value is -0.870. The van der Waals surface area contributed by atoms with Crippen LogP contribution in [-0.2, 0) is 0 Å². The van der Waals surface area contributed by atoms with Crippen LogP contribution in [-0.4, -0.2) is 37.0 Å². The summed E-state index contributed by atoms with van der Waals surface area (Å²) in [5.41, 5.74) is 1.78. The van der Waals surface area contributed by atoms with Gasteiger partial charge in [-0.15, -0.1) is 0 Å². The zero-order valence-corrected chi connectivity index (χ0v) is 13.0. The van der Waals surface area contributed by atoms with Crippen LogP contribution in [0.5, 0.6) is 0 Å². The molecule has 3 nitrogen and oxygen atoms in total. The van der Waals surface area contributed by atoms with Gasteiger partial charge in [-0.2, -0.15) is 0 Å². The molecule has 1 aromatic carbocycles. The maximum Gasteiger partial charge on any atom is 0.251 e. The van der Waals surface area contributed by atoms with Crippen molar-refractivity contribution in [2.45, 2.75) is 26.8 Å². The normalized spacial score (nSPS) is 11.1. The number of likely N-dealkylation sites (N-methyl/N-ethyl adjacent to an activating group) is 1. The largest absolute Gasteiger partial charge is 0.351 e. The van der Waals surface area contributed by atoms with Gasteiger partial charge in [0.25, 0.3) is 5.91 Å². The first kappa shape index (κ1) is 15.2. The van der Waals surface area contributed by atoms with E-state index in [0.717, 1.165) is 16.6 Å². The van der Waals surface area contributed by atoms with Crippen LogP contribution < -0.4 is 5.32 Å². The van der Waals surface area contributed by atoms with E-state index in [1.54, 1.807) is 0 Å². The van der Waals surface area contributed by atoms with Crippen LogP contribution in [0.25, 0.3) is 0 Å². The van der Waals surface area contributed by atoms with Crippen molar-refractivity contribution in [3.8, 4) is 0 Å². The van der Waals surface area contributed by atoms with Gasteiger partial charge in [0.15, 0.2) is 0 Å². The Morgan fingerprint density at radius 2 is 2.11 bits per heavy atom. The minimum absolute atomic E-state index is 0.0113. The highest BCUT2D eigenvalue weighted by Gasteiger charge is 2.07. The predicted molar refractivity (Wildman–Crippen MR) is 79.0 cm³/mol. The van der Waals surface area contributed by atoms with Gasteiger partial charge in [-0.25, -0.2) is 0 Å². The fraction of sp³-hybridized carbons (Fsp3) is 0.500. The van der Waals surface area contributed by atoms with E-state index in [2.05, 4.69) is 47.0 Å². The number of hydrogen-bond donors (Lipinski definition) is 1. The summed E-state index contributed by atoms with van der Waals surface area (Å²) >= 11 is 3.43. The zero-order chi connectivity index (χ0) is 13.7. The molecule has 0 bridgehead atoms. The maximum absolute atomic E-state index is 11.9. The summed E-state index contributed by atoms with van der Waals surface area (Å²) in [6.45, 7) is 7.79. The third-order valence-corrected chi connectivity index (χ3v) is 3.94. The van der Waals surface area contributed by atoms with E-state index >= 15 is 0 Å². The minimum Gasteiger partial charge on any atom is -0.351 e. The number of nitrogens with one attached hydrogen (secondary N) is 1. The van der Waals surface area contributed by atoms with Crippen molar-refractivity contribution >= 4 is 21.8 Å². The van der Waals surface area contributed by atoms with Crippen LogP contribution in [0.2, 0.25) is 0 Å². The SMILES string of the molecule is Cc1cc(C(=O)NCCN(C)C(C)C)ccc1Br. The average Bonchev–Trinajstić information content (AvgIpc) is 2.32. The maximum atomic E-state index is 11.9. The molecule has 1 N–H and O–H groups in total. The van der Waals surface area contributed by atoms with Gasteiger partial charge in [0.2, 0.25) is 0 Å². The molecule has 0 heterocycles. The fourth-order valence-corrected chi connectivity index (χ4v) is 1.74. The van der Waals surface area contributed by atoms with Crippen molar-refractivity contribution in [1.82, 2.24) is 10.2 Å². The molecule has 0 saturated heterocycles. The van der Waals surface area contributed by atoms with E-state index in [0.29, 0.717) is 18.2 Å². The quantitative estimate of drug-likeness (QED) is 0.906. The Kier molecular flexibility index (Phi) is 5.82. The first-order valence-electron chi connectivity index (χ1n) is 6.16. The summed E-state index contributed by atoms with van der Waals surface area (Å²) in [7, 11) is 2.06. The third kappa shape index (κ3) is 4.42. The van der Waals surface area contributed by atoms with Crippen molar-refractivity contribution in [2.24, 2.45) is 0 Å². The first-order valence-corrected chi connectivity index (χ1v) is 6.95. The number of benzene rings is 1. The third-order valence-electron chi connectivity index (χ3n) is 3.05. The van der Waals surface area contributed by atoms with Gasteiger partial charge in [0.05, 0.1) is 0 Å². The van der Waals surface area contributed by atoms with Gasteiger partial charge in [0, 0.05) is 29.2 Å². The van der Waals surface area contributed by atoms with Crippen molar-refractivity contribution in [3.05, 3.63) is 33.8 Å². The van der Waals surface area contributed by atoms with E-state index < -0.39 is 0 Å². The number of carbonyl (C=O) groups is 1. The van der Waals surface area contributed by atoms with E-state index in [4.69, 9.17) is 0 Å².